The number of carbonyl (C=O) groups excluding carboxylic acids is 1. The number of esters is 1. The molecule has 0 saturated heterocycles. The molecule has 3 nitrogen and oxygen atoms in total. The molecule has 18 heavy (non-hydrogen) atoms. The van der Waals surface area contributed by atoms with Gasteiger partial charge in [-0.15, -0.1) is 0 Å². The number of nitriles is 1. The Morgan fingerprint density at radius 3 is 2.56 bits per heavy atom. The fourth-order valence-electron chi connectivity index (χ4n) is 1.29. The quantitative estimate of drug-likeness (QED) is 0.594. The van der Waals surface area contributed by atoms with Gasteiger partial charge < -0.3 is 4.74 Å². The minimum atomic E-state index is -4.63. The molecular formula is C11H7F3INO2. The van der Waals surface area contributed by atoms with E-state index in [1.54, 1.807) is 6.92 Å². The predicted octanol–water partition coefficient (Wildman–Crippen LogP) is 3.36. The van der Waals surface area contributed by atoms with Crippen LogP contribution < -0.4 is 0 Å². The SMILES string of the molecule is CCOC(=O)c1ccc(C(F)(F)F)c(C#N)c1I. The Hall–Kier alpha value is -1.30. The lowest BCUT2D eigenvalue weighted by Crippen LogP contribution is -2.13. The van der Waals surface area contributed by atoms with Crippen LogP contribution in [0.1, 0.15) is 28.4 Å². The first kappa shape index (κ1) is 14.8. The van der Waals surface area contributed by atoms with E-state index in [2.05, 4.69) is 0 Å². The number of hydrogen-bond acceptors (Lipinski definition) is 3. The summed E-state index contributed by atoms with van der Waals surface area (Å²) in [5, 5.41) is 8.79. The van der Waals surface area contributed by atoms with Gasteiger partial charge in [-0.05, 0) is 41.6 Å². The molecule has 0 bridgehead atoms. The Balaban J connectivity index is 3.40. The first-order valence-corrected chi connectivity index (χ1v) is 5.87. The van der Waals surface area contributed by atoms with E-state index >= 15 is 0 Å². The topological polar surface area (TPSA) is 50.1 Å². The van der Waals surface area contributed by atoms with Gasteiger partial charge in [-0.2, -0.15) is 18.4 Å². The zero-order chi connectivity index (χ0) is 13.9. The zero-order valence-corrected chi connectivity index (χ0v) is 11.3. The number of hydrogen-bond donors (Lipinski definition) is 0. The molecule has 7 heteroatoms. The van der Waals surface area contributed by atoms with E-state index in [-0.39, 0.29) is 15.7 Å². The van der Waals surface area contributed by atoms with Crippen LogP contribution in [0.5, 0.6) is 0 Å². The highest BCUT2D eigenvalue weighted by atomic mass is 127. The van der Waals surface area contributed by atoms with Crippen LogP contribution in [-0.2, 0) is 10.9 Å². The molecule has 0 aliphatic heterocycles. The summed E-state index contributed by atoms with van der Waals surface area (Å²) in [5.74, 6) is -0.743. The van der Waals surface area contributed by atoms with Crippen LogP contribution in [0.2, 0.25) is 0 Å². The van der Waals surface area contributed by atoms with Crippen molar-refractivity contribution in [3.8, 4) is 6.07 Å². The van der Waals surface area contributed by atoms with Gasteiger partial charge in [-0.3, -0.25) is 0 Å². The van der Waals surface area contributed by atoms with E-state index in [1.165, 1.54) is 28.7 Å². The van der Waals surface area contributed by atoms with Crippen molar-refractivity contribution >= 4 is 28.6 Å². The molecule has 1 aromatic rings. The molecule has 0 spiro atoms. The Kier molecular flexibility index (Phi) is 4.56. The number of ether oxygens (including phenoxy) is 1. The second kappa shape index (κ2) is 5.56. The molecule has 1 rings (SSSR count). The minimum absolute atomic E-state index is 0.0398. The van der Waals surface area contributed by atoms with Crippen molar-refractivity contribution in [3.63, 3.8) is 0 Å². The molecule has 0 N–H and O–H groups in total. The highest BCUT2D eigenvalue weighted by Crippen LogP contribution is 2.34. The van der Waals surface area contributed by atoms with Crippen LogP contribution >= 0.6 is 22.6 Å². The molecule has 0 saturated carbocycles. The minimum Gasteiger partial charge on any atom is -0.462 e. The van der Waals surface area contributed by atoms with Crippen LogP contribution in [0.3, 0.4) is 0 Å². The van der Waals surface area contributed by atoms with Crippen molar-refractivity contribution in [1.29, 1.82) is 5.26 Å². The van der Waals surface area contributed by atoms with Gasteiger partial charge in [0, 0.05) is 3.57 Å². The lowest BCUT2D eigenvalue weighted by atomic mass is 10.0. The standard InChI is InChI=1S/C11H7F3INO2/c1-2-18-10(17)6-3-4-8(11(12,13)14)7(5-16)9(6)15/h3-4H,2H2,1H3. The predicted molar refractivity (Wildman–Crippen MR) is 64.8 cm³/mol. The van der Waals surface area contributed by atoms with Crippen LogP contribution in [0.25, 0.3) is 0 Å². The number of halogens is 4. The lowest BCUT2D eigenvalue weighted by Gasteiger charge is -2.12. The number of benzene rings is 1. The molecule has 0 heterocycles. The molecule has 0 amide bonds. The molecule has 0 aromatic heterocycles. The maximum atomic E-state index is 12.6. The fourth-order valence-corrected chi connectivity index (χ4v) is 2.10. The number of nitrogens with zero attached hydrogens (tertiary/aromatic N) is 1. The maximum absolute atomic E-state index is 12.6. The third-order valence-electron chi connectivity index (χ3n) is 2.05. The molecule has 0 aliphatic carbocycles. The summed E-state index contributed by atoms with van der Waals surface area (Å²) in [6, 6.07) is 3.21. The first-order chi connectivity index (χ1) is 8.32. The number of alkyl halides is 3. The fraction of sp³-hybridized carbons (Fsp3) is 0.273. The number of carbonyl (C=O) groups is 1. The summed E-state index contributed by atoms with van der Waals surface area (Å²) in [5.41, 5.74) is -1.65. The summed E-state index contributed by atoms with van der Waals surface area (Å²) in [7, 11) is 0. The van der Waals surface area contributed by atoms with E-state index in [1.807, 2.05) is 0 Å². The zero-order valence-electron chi connectivity index (χ0n) is 9.14. The van der Waals surface area contributed by atoms with Crippen molar-refractivity contribution in [3.05, 3.63) is 32.4 Å². The summed E-state index contributed by atoms with van der Waals surface area (Å²) in [6.07, 6.45) is -4.63. The largest absolute Gasteiger partial charge is 0.462 e. The van der Waals surface area contributed by atoms with E-state index in [0.29, 0.717) is 6.07 Å². The van der Waals surface area contributed by atoms with Crippen LogP contribution in [-0.4, -0.2) is 12.6 Å². The van der Waals surface area contributed by atoms with Crippen molar-refractivity contribution < 1.29 is 22.7 Å². The third-order valence-corrected chi connectivity index (χ3v) is 3.17. The lowest BCUT2D eigenvalue weighted by molar-refractivity contribution is -0.137. The molecule has 96 valence electrons. The monoisotopic (exact) mass is 369 g/mol. The average molecular weight is 369 g/mol. The van der Waals surface area contributed by atoms with Crippen molar-refractivity contribution in [2.24, 2.45) is 0 Å². The molecule has 0 fully saturated rings. The van der Waals surface area contributed by atoms with Crippen LogP contribution in [0.15, 0.2) is 12.1 Å². The molecule has 0 aliphatic rings. The van der Waals surface area contributed by atoms with Gasteiger partial charge in [0.15, 0.2) is 0 Å². The Morgan fingerprint density at radius 2 is 2.11 bits per heavy atom. The summed E-state index contributed by atoms with van der Waals surface area (Å²) in [4.78, 5) is 11.5. The molecule has 0 unspecified atom stereocenters. The van der Waals surface area contributed by atoms with Crippen LogP contribution in [0.4, 0.5) is 13.2 Å². The molecule has 0 radical (unpaired) electrons. The van der Waals surface area contributed by atoms with Crippen molar-refractivity contribution in [1.82, 2.24) is 0 Å². The second-order valence-electron chi connectivity index (χ2n) is 3.18. The normalized spacial score (nSPS) is 10.9. The van der Waals surface area contributed by atoms with Gasteiger partial charge in [0.1, 0.15) is 6.07 Å². The third kappa shape index (κ3) is 2.93. The molecular weight excluding hydrogens is 362 g/mol. The van der Waals surface area contributed by atoms with Gasteiger partial charge in [-0.1, -0.05) is 0 Å². The summed E-state index contributed by atoms with van der Waals surface area (Å²) >= 11 is 1.54. The molecule has 1 aromatic carbocycles. The van der Waals surface area contributed by atoms with E-state index in [0.717, 1.165) is 6.07 Å². The average Bonchev–Trinajstić information content (AvgIpc) is 2.27. The molecule has 0 atom stereocenters. The van der Waals surface area contributed by atoms with Crippen molar-refractivity contribution in [2.75, 3.05) is 6.61 Å². The Morgan fingerprint density at radius 1 is 1.50 bits per heavy atom. The summed E-state index contributed by atoms with van der Waals surface area (Å²) < 4.78 is 42.5. The van der Waals surface area contributed by atoms with Crippen LogP contribution in [0, 0.1) is 14.9 Å². The van der Waals surface area contributed by atoms with E-state index < -0.39 is 23.3 Å². The van der Waals surface area contributed by atoms with Gasteiger partial charge in [-0.25, -0.2) is 4.79 Å². The highest BCUT2D eigenvalue weighted by Gasteiger charge is 2.35. The van der Waals surface area contributed by atoms with Crippen molar-refractivity contribution in [2.45, 2.75) is 13.1 Å². The first-order valence-electron chi connectivity index (χ1n) is 4.79. The van der Waals surface area contributed by atoms with Gasteiger partial charge >= 0.3 is 12.1 Å². The Labute approximate surface area is 115 Å². The highest BCUT2D eigenvalue weighted by molar-refractivity contribution is 14.1. The maximum Gasteiger partial charge on any atom is 0.417 e. The Bertz CT molecular complexity index is 520. The second-order valence-corrected chi connectivity index (χ2v) is 4.26. The van der Waals surface area contributed by atoms with E-state index in [9.17, 15) is 18.0 Å². The van der Waals surface area contributed by atoms with Gasteiger partial charge in [0.2, 0.25) is 0 Å². The van der Waals surface area contributed by atoms with Gasteiger partial charge in [0.05, 0.1) is 23.3 Å². The van der Waals surface area contributed by atoms with Gasteiger partial charge in [0.25, 0.3) is 0 Å². The number of rotatable bonds is 2. The smallest absolute Gasteiger partial charge is 0.417 e. The van der Waals surface area contributed by atoms with E-state index in [4.69, 9.17) is 10.00 Å². The summed E-state index contributed by atoms with van der Waals surface area (Å²) in [6.45, 7) is 1.69.